The number of hydrogen-bond donors (Lipinski definition) is 1. The lowest BCUT2D eigenvalue weighted by atomic mass is 10.1. The molecule has 0 spiro atoms. The van der Waals surface area contributed by atoms with Crippen molar-refractivity contribution in [2.45, 2.75) is 45.7 Å². The molecule has 0 heterocycles. The zero-order chi connectivity index (χ0) is 26.2. The van der Waals surface area contributed by atoms with Crippen molar-refractivity contribution in [1.82, 2.24) is 10.2 Å². The molecule has 192 valence electrons. The van der Waals surface area contributed by atoms with Crippen LogP contribution in [0.4, 0.5) is 5.69 Å². The van der Waals surface area contributed by atoms with Gasteiger partial charge >= 0.3 is 0 Å². The van der Waals surface area contributed by atoms with Crippen molar-refractivity contribution in [3.8, 4) is 0 Å². The molecule has 0 saturated heterocycles. The van der Waals surface area contributed by atoms with Crippen LogP contribution < -0.4 is 9.62 Å². The summed E-state index contributed by atoms with van der Waals surface area (Å²) < 4.78 is 26.0. The van der Waals surface area contributed by atoms with E-state index in [0.717, 1.165) is 22.5 Å². The molecular weight excluding hydrogens is 533 g/mol. The van der Waals surface area contributed by atoms with Gasteiger partial charge in [0.15, 0.2) is 0 Å². The molecule has 1 atom stereocenters. The summed E-state index contributed by atoms with van der Waals surface area (Å²) in [6, 6.07) is 10.9. The minimum absolute atomic E-state index is 0.0199. The minimum Gasteiger partial charge on any atom is -0.354 e. The average Bonchev–Trinajstić information content (AvgIpc) is 2.79. The molecule has 0 unspecified atom stereocenters. The molecular formula is C24H30Cl3N3O4S. The summed E-state index contributed by atoms with van der Waals surface area (Å²) in [7, 11) is -3.68. The number of hydrogen-bond acceptors (Lipinski definition) is 4. The summed E-state index contributed by atoms with van der Waals surface area (Å²) >= 11 is 18.3. The summed E-state index contributed by atoms with van der Waals surface area (Å²) in [5.41, 5.74) is 1.03. The van der Waals surface area contributed by atoms with Gasteiger partial charge in [0, 0.05) is 36.1 Å². The summed E-state index contributed by atoms with van der Waals surface area (Å²) in [5, 5.41) is 3.92. The topological polar surface area (TPSA) is 86.8 Å². The number of benzene rings is 2. The van der Waals surface area contributed by atoms with Gasteiger partial charge in [0.2, 0.25) is 21.8 Å². The molecule has 0 aromatic heterocycles. The molecule has 11 heteroatoms. The van der Waals surface area contributed by atoms with Gasteiger partial charge in [0.25, 0.3) is 0 Å². The van der Waals surface area contributed by atoms with Crippen LogP contribution in [0.25, 0.3) is 0 Å². The summed E-state index contributed by atoms with van der Waals surface area (Å²) in [5.74, 6) is -0.541. The Kier molecular flexibility index (Phi) is 11.1. The molecule has 2 aromatic carbocycles. The highest BCUT2D eigenvalue weighted by molar-refractivity contribution is 7.92. The molecule has 2 rings (SSSR count). The van der Waals surface area contributed by atoms with E-state index in [9.17, 15) is 18.0 Å². The predicted octanol–water partition coefficient (Wildman–Crippen LogP) is 5.14. The van der Waals surface area contributed by atoms with Crippen LogP contribution in [0.1, 0.15) is 38.7 Å². The molecule has 0 aliphatic rings. The maximum atomic E-state index is 13.2. The second kappa shape index (κ2) is 13.3. The molecule has 2 amide bonds. The molecule has 2 aromatic rings. The Labute approximate surface area is 222 Å². The quantitative estimate of drug-likeness (QED) is 0.388. The van der Waals surface area contributed by atoms with Crippen LogP contribution >= 0.6 is 34.8 Å². The Balaban J connectivity index is 2.19. The van der Waals surface area contributed by atoms with Gasteiger partial charge in [-0.3, -0.25) is 13.9 Å². The van der Waals surface area contributed by atoms with Crippen LogP contribution in [-0.4, -0.2) is 50.5 Å². The van der Waals surface area contributed by atoms with Crippen molar-refractivity contribution in [2.75, 3.05) is 23.7 Å². The van der Waals surface area contributed by atoms with E-state index in [4.69, 9.17) is 34.8 Å². The van der Waals surface area contributed by atoms with Gasteiger partial charge in [0.1, 0.15) is 6.04 Å². The van der Waals surface area contributed by atoms with Crippen molar-refractivity contribution in [3.63, 3.8) is 0 Å². The van der Waals surface area contributed by atoms with Gasteiger partial charge in [0.05, 0.1) is 17.0 Å². The average molecular weight is 563 g/mol. The SMILES string of the molecule is CCCNC(=O)[C@H](C)N(Cc1cccc(Cl)c1)C(=O)CCCN(c1cc(Cl)ccc1Cl)S(C)(=O)=O. The fourth-order valence-corrected chi connectivity index (χ4v) is 5.09. The normalized spacial score (nSPS) is 12.2. The van der Waals surface area contributed by atoms with Crippen molar-refractivity contribution in [2.24, 2.45) is 0 Å². The second-order valence-electron chi connectivity index (χ2n) is 8.15. The Morgan fingerprint density at radius 2 is 1.74 bits per heavy atom. The number of nitrogens with zero attached hydrogens (tertiary/aromatic N) is 2. The van der Waals surface area contributed by atoms with Crippen molar-refractivity contribution in [1.29, 1.82) is 0 Å². The van der Waals surface area contributed by atoms with Crippen LogP contribution in [-0.2, 0) is 26.2 Å². The van der Waals surface area contributed by atoms with E-state index in [-0.39, 0.29) is 48.5 Å². The largest absolute Gasteiger partial charge is 0.354 e. The number of carbonyl (C=O) groups excluding carboxylic acids is 2. The summed E-state index contributed by atoms with van der Waals surface area (Å²) in [6.07, 6.45) is 2.08. The van der Waals surface area contributed by atoms with E-state index < -0.39 is 16.1 Å². The van der Waals surface area contributed by atoms with Gasteiger partial charge in [-0.05, 0) is 55.7 Å². The Morgan fingerprint density at radius 1 is 1.06 bits per heavy atom. The van der Waals surface area contributed by atoms with E-state index in [1.807, 2.05) is 13.0 Å². The number of nitrogens with one attached hydrogen (secondary N) is 1. The number of amides is 2. The first-order chi connectivity index (χ1) is 16.4. The molecule has 35 heavy (non-hydrogen) atoms. The van der Waals surface area contributed by atoms with E-state index in [2.05, 4.69) is 5.32 Å². The van der Waals surface area contributed by atoms with Crippen molar-refractivity contribution in [3.05, 3.63) is 63.1 Å². The standard InChI is InChI=1S/C24H30Cl3N3O4S/c1-4-12-28-24(32)17(2)29(16-18-7-5-8-19(25)14-18)23(31)9-6-13-30(35(3,33)34)22-15-20(26)10-11-21(22)27/h5,7-8,10-11,14-15,17H,4,6,9,12-13,16H2,1-3H3,(H,28,32)/t17-/m0/s1. The van der Waals surface area contributed by atoms with Crippen LogP contribution in [0.5, 0.6) is 0 Å². The fraction of sp³-hybridized carbons (Fsp3) is 0.417. The van der Waals surface area contributed by atoms with Gasteiger partial charge in [-0.15, -0.1) is 0 Å². The highest BCUT2D eigenvalue weighted by Crippen LogP contribution is 2.31. The number of carbonyl (C=O) groups is 2. The molecule has 0 radical (unpaired) electrons. The van der Waals surface area contributed by atoms with Crippen molar-refractivity contribution >= 4 is 62.3 Å². The first-order valence-electron chi connectivity index (χ1n) is 11.2. The number of halogens is 3. The van der Waals surface area contributed by atoms with Gasteiger partial charge in [-0.2, -0.15) is 0 Å². The predicted molar refractivity (Wildman–Crippen MR) is 143 cm³/mol. The van der Waals surface area contributed by atoms with Crippen molar-refractivity contribution < 1.29 is 18.0 Å². The third-order valence-electron chi connectivity index (χ3n) is 5.29. The third-order valence-corrected chi connectivity index (χ3v) is 7.26. The number of rotatable bonds is 12. The third kappa shape index (κ3) is 8.86. The molecule has 0 bridgehead atoms. The van der Waals surface area contributed by atoms with Crippen LogP contribution in [0.2, 0.25) is 15.1 Å². The van der Waals surface area contributed by atoms with Gasteiger partial charge < -0.3 is 10.2 Å². The molecule has 0 fully saturated rings. The van der Waals surface area contributed by atoms with Gasteiger partial charge in [-0.25, -0.2) is 8.42 Å². The molecule has 7 nitrogen and oxygen atoms in total. The second-order valence-corrected chi connectivity index (χ2v) is 11.3. The van der Waals surface area contributed by atoms with E-state index >= 15 is 0 Å². The molecule has 0 aliphatic heterocycles. The van der Waals surface area contributed by atoms with Crippen LogP contribution in [0.15, 0.2) is 42.5 Å². The molecule has 0 saturated carbocycles. The maximum absolute atomic E-state index is 13.2. The summed E-state index contributed by atoms with van der Waals surface area (Å²) in [4.78, 5) is 27.3. The monoisotopic (exact) mass is 561 g/mol. The van der Waals surface area contributed by atoms with E-state index in [1.165, 1.54) is 17.0 Å². The number of anilines is 1. The summed E-state index contributed by atoms with van der Waals surface area (Å²) in [6.45, 7) is 4.33. The lowest BCUT2D eigenvalue weighted by Gasteiger charge is -2.29. The smallest absolute Gasteiger partial charge is 0.242 e. The zero-order valence-corrected chi connectivity index (χ0v) is 23.0. The van der Waals surface area contributed by atoms with Crippen LogP contribution in [0.3, 0.4) is 0 Å². The lowest BCUT2D eigenvalue weighted by Crippen LogP contribution is -2.47. The Morgan fingerprint density at radius 3 is 2.37 bits per heavy atom. The first-order valence-corrected chi connectivity index (χ1v) is 14.2. The lowest BCUT2D eigenvalue weighted by molar-refractivity contribution is -0.140. The maximum Gasteiger partial charge on any atom is 0.242 e. The minimum atomic E-state index is -3.68. The number of sulfonamides is 1. The van der Waals surface area contributed by atoms with Crippen LogP contribution in [0, 0.1) is 0 Å². The van der Waals surface area contributed by atoms with E-state index in [0.29, 0.717) is 16.6 Å². The Hall–Kier alpha value is -2.00. The first kappa shape index (κ1) is 29.2. The van der Waals surface area contributed by atoms with E-state index in [1.54, 1.807) is 31.2 Å². The fourth-order valence-electron chi connectivity index (χ4n) is 3.47. The highest BCUT2D eigenvalue weighted by Gasteiger charge is 2.27. The molecule has 1 N–H and O–H groups in total. The Bertz CT molecular complexity index is 1140. The molecule has 0 aliphatic carbocycles. The highest BCUT2D eigenvalue weighted by atomic mass is 35.5. The zero-order valence-electron chi connectivity index (χ0n) is 19.9. The van der Waals surface area contributed by atoms with Gasteiger partial charge in [-0.1, -0.05) is 53.9 Å².